The van der Waals surface area contributed by atoms with Gasteiger partial charge in [0.25, 0.3) is 0 Å². The second-order valence-electron chi connectivity index (χ2n) is 8.64. The van der Waals surface area contributed by atoms with Gasteiger partial charge in [0.1, 0.15) is 6.61 Å². The van der Waals surface area contributed by atoms with Crippen molar-refractivity contribution < 1.29 is 28.7 Å². The van der Waals surface area contributed by atoms with Gasteiger partial charge < -0.3 is 24.5 Å². The number of aliphatic carboxylic acids is 1. The monoisotopic (exact) mass is 457 g/mol. The quantitative estimate of drug-likeness (QED) is 0.574. The van der Waals surface area contributed by atoms with Crippen LogP contribution in [0.15, 0.2) is 47.3 Å². The number of carbonyl (C=O) groups excluding carboxylic acids is 1. The fourth-order valence-corrected chi connectivity index (χ4v) is 3.91. The lowest BCUT2D eigenvalue weighted by atomic mass is 9.77. The Balaban J connectivity index is 1.71. The first-order valence-corrected chi connectivity index (χ1v) is 11.2. The first kappa shape index (κ1) is 24.0. The number of benzene rings is 1. The van der Waals surface area contributed by atoms with Crippen LogP contribution in [0.3, 0.4) is 0 Å². The van der Waals surface area contributed by atoms with Crippen molar-refractivity contribution in [1.29, 1.82) is 0 Å². The van der Waals surface area contributed by atoms with E-state index in [1.807, 2.05) is 75.5 Å². The Morgan fingerprint density at radius 1 is 1.16 bits per heavy atom. The lowest BCUT2D eigenvalue weighted by molar-refractivity contribution is -0.136. The van der Waals surface area contributed by atoms with Crippen molar-refractivity contribution in [3.63, 3.8) is 0 Å². The summed E-state index contributed by atoms with van der Waals surface area (Å²) in [4.78, 5) is 24.0. The minimum Gasteiger partial charge on any atom is -0.481 e. The van der Waals surface area contributed by atoms with E-state index in [1.165, 1.54) is 11.3 Å². The van der Waals surface area contributed by atoms with E-state index in [2.05, 4.69) is 5.32 Å². The number of carboxylic acid groups (broad SMARTS) is 1. The topological polar surface area (TPSA) is 94.1 Å². The molecule has 0 unspecified atom stereocenters. The van der Waals surface area contributed by atoms with Gasteiger partial charge in [0.2, 0.25) is 0 Å². The fraction of sp³-hybridized carbons (Fsp3) is 0.391. The molecular weight excluding hydrogens is 429 g/mol. The van der Waals surface area contributed by atoms with E-state index >= 15 is 0 Å². The zero-order valence-corrected chi connectivity index (χ0v) is 19.5. The maximum atomic E-state index is 12.3. The third kappa shape index (κ3) is 6.21. The Hall–Kier alpha value is -2.62. The fourth-order valence-electron chi connectivity index (χ4n) is 3.07. The first-order chi connectivity index (χ1) is 15.1. The summed E-state index contributed by atoms with van der Waals surface area (Å²) in [6.45, 7) is 8.17. The van der Waals surface area contributed by atoms with Gasteiger partial charge in [0.05, 0.1) is 17.6 Å². The van der Waals surface area contributed by atoms with Crippen LogP contribution in [0.2, 0.25) is 0 Å². The van der Waals surface area contributed by atoms with Gasteiger partial charge in [-0.2, -0.15) is 0 Å². The molecule has 7 nitrogen and oxygen atoms in total. The molecule has 1 aliphatic heterocycles. The van der Waals surface area contributed by atoms with E-state index in [-0.39, 0.29) is 19.6 Å². The molecule has 2 aromatic rings. The number of alkyl carbamates (subject to hydrolysis) is 1. The lowest BCUT2D eigenvalue weighted by Crippen LogP contribution is -2.41. The number of ether oxygens (including phenoxy) is 1. The van der Waals surface area contributed by atoms with E-state index in [9.17, 15) is 9.59 Å². The van der Waals surface area contributed by atoms with E-state index in [0.29, 0.717) is 5.47 Å². The predicted octanol–water partition coefficient (Wildman–Crippen LogP) is 4.32. The Labute approximate surface area is 192 Å². The molecule has 0 spiro atoms. The average Bonchev–Trinajstić information content (AvgIpc) is 3.24. The number of carboxylic acids is 1. The third-order valence-electron chi connectivity index (χ3n) is 5.56. The Morgan fingerprint density at radius 2 is 1.81 bits per heavy atom. The second-order valence-corrected chi connectivity index (χ2v) is 9.64. The lowest BCUT2D eigenvalue weighted by Gasteiger charge is -2.32. The van der Waals surface area contributed by atoms with Crippen molar-refractivity contribution in [2.75, 3.05) is 6.54 Å². The van der Waals surface area contributed by atoms with Gasteiger partial charge in [-0.3, -0.25) is 4.79 Å². The van der Waals surface area contributed by atoms with Crippen molar-refractivity contribution in [3.8, 4) is 0 Å². The molecule has 170 valence electrons. The zero-order valence-electron chi connectivity index (χ0n) is 18.7. The highest BCUT2D eigenvalue weighted by Crippen LogP contribution is 2.38. The minimum absolute atomic E-state index is 0.0333. The molecule has 3 rings (SSSR count). The van der Waals surface area contributed by atoms with Crippen LogP contribution in [0.25, 0.3) is 6.08 Å². The van der Waals surface area contributed by atoms with Crippen LogP contribution in [-0.2, 0) is 31.9 Å². The van der Waals surface area contributed by atoms with Gasteiger partial charge in [0.15, 0.2) is 0 Å². The SMILES string of the molecule is CC1(C)OB(C(=Cc2csc(CC(=O)O)c2)CNC(=O)OCc2ccccc2)OC1(C)C. The number of carbonyl (C=O) groups is 2. The molecule has 0 aliphatic carbocycles. The normalized spacial score (nSPS) is 17.2. The molecular formula is C23H28BNO6S. The van der Waals surface area contributed by atoms with E-state index in [0.717, 1.165) is 16.0 Å². The summed E-state index contributed by atoms with van der Waals surface area (Å²) in [6.07, 6.45) is 1.28. The minimum atomic E-state index is -0.878. The Bertz CT molecular complexity index is 969. The largest absolute Gasteiger partial charge is 0.492 e. The van der Waals surface area contributed by atoms with Crippen LogP contribution in [-0.4, -0.2) is 42.0 Å². The summed E-state index contributed by atoms with van der Waals surface area (Å²) in [7, 11) is -0.655. The first-order valence-electron chi connectivity index (χ1n) is 10.4. The van der Waals surface area contributed by atoms with E-state index < -0.39 is 30.4 Å². The summed E-state index contributed by atoms with van der Waals surface area (Å²) in [5.74, 6) is -0.878. The van der Waals surface area contributed by atoms with Crippen LogP contribution >= 0.6 is 11.3 Å². The van der Waals surface area contributed by atoms with Gasteiger partial charge >= 0.3 is 19.2 Å². The van der Waals surface area contributed by atoms with Crippen molar-refractivity contribution >= 4 is 36.6 Å². The van der Waals surface area contributed by atoms with Gasteiger partial charge in [-0.1, -0.05) is 36.4 Å². The van der Waals surface area contributed by atoms with Gasteiger partial charge in [-0.25, -0.2) is 4.79 Å². The molecule has 9 heteroatoms. The molecule has 0 atom stereocenters. The second kappa shape index (κ2) is 9.89. The molecule has 1 aliphatic rings. The van der Waals surface area contributed by atoms with Crippen LogP contribution in [0.4, 0.5) is 4.79 Å². The number of rotatable bonds is 8. The summed E-state index contributed by atoms with van der Waals surface area (Å²) in [5.41, 5.74) is 1.37. The van der Waals surface area contributed by atoms with Crippen LogP contribution in [0.1, 0.15) is 43.7 Å². The van der Waals surface area contributed by atoms with Crippen LogP contribution in [0, 0.1) is 0 Å². The van der Waals surface area contributed by atoms with Crippen molar-refractivity contribution in [2.24, 2.45) is 0 Å². The summed E-state index contributed by atoms with van der Waals surface area (Å²) in [5, 5.41) is 13.6. The molecule has 0 radical (unpaired) electrons. The molecule has 1 saturated heterocycles. The smallest absolute Gasteiger partial charge is 0.481 e. The summed E-state index contributed by atoms with van der Waals surface area (Å²) >= 11 is 1.37. The molecule has 1 amide bonds. The molecule has 1 aromatic heterocycles. The number of hydrogen-bond acceptors (Lipinski definition) is 6. The number of nitrogens with one attached hydrogen (secondary N) is 1. The van der Waals surface area contributed by atoms with Gasteiger partial charge in [0, 0.05) is 11.4 Å². The highest BCUT2D eigenvalue weighted by Gasteiger charge is 2.52. The van der Waals surface area contributed by atoms with Gasteiger partial charge in [-0.05, 0) is 55.7 Å². The summed E-state index contributed by atoms with van der Waals surface area (Å²) in [6, 6.07) is 11.3. The highest BCUT2D eigenvalue weighted by molar-refractivity contribution is 7.10. The average molecular weight is 457 g/mol. The van der Waals surface area contributed by atoms with Crippen molar-refractivity contribution in [2.45, 2.75) is 51.9 Å². The summed E-state index contributed by atoms with van der Waals surface area (Å²) < 4.78 is 17.6. The predicted molar refractivity (Wildman–Crippen MR) is 124 cm³/mol. The van der Waals surface area contributed by atoms with Crippen molar-refractivity contribution in [1.82, 2.24) is 5.32 Å². The number of hydrogen-bond donors (Lipinski definition) is 2. The molecule has 1 aromatic carbocycles. The molecule has 2 N–H and O–H groups in total. The molecule has 32 heavy (non-hydrogen) atoms. The molecule has 1 fully saturated rings. The maximum absolute atomic E-state index is 12.3. The van der Waals surface area contributed by atoms with Crippen LogP contribution < -0.4 is 5.32 Å². The van der Waals surface area contributed by atoms with Crippen LogP contribution in [0.5, 0.6) is 0 Å². The third-order valence-corrected chi connectivity index (χ3v) is 6.51. The highest BCUT2D eigenvalue weighted by atomic mass is 32.1. The standard InChI is InChI=1S/C23H28BNO6S/c1-22(2)23(3,4)31-24(30-22)18(10-17-11-19(32-15-17)12-20(26)27)13-25-21(28)29-14-16-8-6-5-7-9-16/h5-11,15H,12-14H2,1-4H3,(H,25,28)(H,26,27). The number of thiophene rings is 1. The Morgan fingerprint density at radius 3 is 2.44 bits per heavy atom. The molecule has 0 saturated carbocycles. The van der Waals surface area contributed by atoms with E-state index in [4.69, 9.17) is 19.2 Å². The van der Waals surface area contributed by atoms with E-state index in [1.54, 1.807) is 0 Å². The number of amides is 1. The van der Waals surface area contributed by atoms with Crippen molar-refractivity contribution in [3.05, 3.63) is 63.3 Å². The molecule has 0 bridgehead atoms. The van der Waals surface area contributed by atoms with Gasteiger partial charge in [-0.15, -0.1) is 11.3 Å². The molecule has 2 heterocycles. The Kier molecular flexibility index (Phi) is 7.43. The zero-order chi connectivity index (χ0) is 23.4. The maximum Gasteiger partial charge on any atom is 0.492 e.